The lowest BCUT2D eigenvalue weighted by molar-refractivity contribution is -0.136. The molecule has 0 aliphatic carbocycles. The molecule has 2 aromatic heterocycles. The van der Waals surface area contributed by atoms with Crippen molar-refractivity contribution in [2.45, 2.75) is 25.5 Å². The molecule has 35 heavy (non-hydrogen) atoms. The van der Waals surface area contributed by atoms with Crippen LogP contribution < -0.4 is 20.9 Å². The third-order valence-electron chi connectivity index (χ3n) is 5.89. The minimum absolute atomic E-state index is 0.0155. The molecule has 3 N–H and O–H groups in total. The predicted molar refractivity (Wildman–Crippen MR) is 124 cm³/mol. The number of aromatic nitrogens is 2. The van der Waals surface area contributed by atoms with Gasteiger partial charge in [-0.15, -0.1) is 0 Å². The number of nitrogens with one attached hydrogen (secondary N) is 2. The zero-order valence-corrected chi connectivity index (χ0v) is 19.5. The Hall–Kier alpha value is -3.99. The first-order valence-electron chi connectivity index (χ1n) is 10.9. The Bertz CT molecular complexity index is 1370. The molecule has 1 aromatic carbocycles. The van der Waals surface area contributed by atoms with Gasteiger partial charge >= 0.3 is 0 Å². The summed E-state index contributed by atoms with van der Waals surface area (Å²) >= 11 is 0. The average Bonchev–Trinajstić information content (AvgIpc) is 2.84. The molecule has 3 aromatic rings. The third kappa shape index (κ3) is 4.30. The van der Waals surface area contributed by atoms with Gasteiger partial charge in [0.1, 0.15) is 22.4 Å². The number of hydrogen-bond acceptors (Lipinski definition) is 7. The molecule has 2 amide bonds. The van der Waals surface area contributed by atoms with E-state index in [1.807, 2.05) is 0 Å². The topological polar surface area (TPSA) is 132 Å². The third-order valence-corrected chi connectivity index (χ3v) is 5.89. The maximum Gasteiger partial charge on any atom is 0.268 e. The summed E-state index contributed by atoms with van der Waals surface area (Å²) in [6.07, 6.45) is 1.70. The maximum atomic E-state index is 13.5. The highest BCUT2D eigenvalue weighted by Gasteiger charge is 2.42. The first kappa shape index (κ1) is 24.1. The van der Waals surface area contributed by atoms with E-state index in [1.165, 1.54) is 44.0 Å². The molecule has 3 heterocycles. The largest absolute Gasteiger partial charge is 0.505 e. The number of carbonyl (C=O) groups excluding carboxylic acids is 2. The van der Waals surface area contributed by atoms with Gasteiger partial charge in [-0.1, -0.05) is 12.1 Å². The van der Waals surface area contributed by atoms with E-state index in [4.69, 9.17) is 9.47 Å². The van der Waals surface area contributed by atoms with Crippen LogP contribution in [0.1, 0.15) is 28.4 Å². The number of nitrogens with zero attached hydrogens (tertiary/aromatic N) is 2. The number of carbonyl (C=O) groups is 2. The van der Waals surface area contributed by atoms with Crippen molar-refractivity contribution in [2.24, 2.45) is 0 Å². The summed E-state index contributed by atoms with van der Waals surface area (Å²) in [6.45, 7) is 1.66. The molecule has 184 valence electrons. The van der Waals surface area contributed by atoms with Crippen molar-refractivity contribution in [3.8, 4) is 11.5 Å². The van der Waals surface area contributed by atoms with Crippen molar-refractivity contribution in [3.05, 3.63) is 63.3 Å². The van der Waals surface area contributed by atoms with Crippen LogP contribution in [0, 0.1) is 5.82 Å². The molecule has 0 spiro atoms. The van der Waals surface area contributed by atoms with Gasteiger partial charge in [-0.05, 0) is 24.6 Å². The van der Waals surface area contributed by atoms with Crippen LogP contribution in [0.4, 0.5) is 4.39 Å². The smallest absolute Gasteiger partial charge is 0.268 e. The number of benzene rings is 1. The van der Waals surface area contributed by atoms with Gasteiger partial charge in [-0.2, -0.15) is 0 Å². The second-order valence-corrected chi connectivity index (χ2v) is 8.39. The summed E-state index contributed by atoms with van der Waals surface area (Å²) in [4.78, 5) is 43.3. The Morgan fingerprint density at radius 3 is 2.69 bits per heavy atom. The van der Waals surface area contributed by atoms with Crippen molar-refractivity contribution in [2.75, 3.05) is 27.3 Å². The molecule has 1 aliphatic heterocycles. The monoisotopic (exact) mass is 484 g/mol. The molecule has 0 bridgehead atoms. The van der Waals surface area contributed by atoms with Crippen LogP contribution in [-0.4, -0.2) is 59.4 Å². The fourth-order valence-corrected chi connectivity index (χ4v) is 4.12. The minimum atomic E-state index is -1.49. The Morgan fingerprint density at radius 1 is 1.31 bits per heavy atom. The second-order valence-electron chi connectivity index (χ2n) is 8.39. The lowest BCUT2D eigenvalue weighted by atomic mass is 9.98. The number of ether oxygens (including phenoxy) is 2. The van der Waals surface area contributed by atoms with Crippen molar-refractivity contribution >= 4 is 22.8 Å². The standard InChI is InChI=1S/C24H25FN4O6/c1-24(23(33)26-2)12-29-18-17(19(30)16(22(29)32)21(31)27-8-9-34-3)28-11-14(20(18)35-24)10-13-4-6-15(25)7-5-13/h4-7,11,30H,8-10,12H2,1-3H3,(H,26,33)(H,27,31)/t24-/m1/s1. The molecule has 0 saturated heterocycles. The Labute approximate surface area is 199 Å². The minimum Gasteiger partial charge on any atom is -0.505 e. The van der Waals surface area contributed by atoms with Crippen LogP contribution in [0.25, 0.3) is 11.0 Å². The summed E-state index contributed by atoms with van der Waals surface area (Å²) in [5.74, 6) is -2.06. The summed E-state index contributed by atoms with van der Waals surface area (Å²) in [5.41, 5.74) is -1.35. The number of methoxy groups -OCH3 is 1. The fourth-order valence-electron chi connectivity index (χ4n) is 4.12. The van der Waals surface area contributed by atoms with E-state index in [-0.39, 0.29) is 48.7 Å². The lowest BCUT2D eigenvalue weighted by Gasteiger charge is -2.36. The number of aromatic hydroxyl groups is 1. The Morgan fingerprint density at radius 2 is 2.03 bits per heavy atom. The molecule has 11 heteroatoms. The maximum absolute atomic E-state index is 13.5. The van der Waals surface area contributed by atoms with Crippen LogP contribution in [0.5, 0.6) is 11.5 Å². The predicted octanol–water partition coefficient (Wildman–Crippen LogP) is 1.11. The first-order chi connectivity index (χ1) is 16.7. The number of pyridine rings is 2. The zero-order valence-electron chi connectivity index (χ0n) is 19.5. The van der Waals surface area contributed by atoms with Crippen molar-refractivity contribution in [3.63, 3.8) is 0 Å². The molecule has 0 fully saturated rings. The lowest BCUT2D eigenvalue weighted by Crippen LogP contribution is -2.54. The van der Waals surface area contributed by atoms with E-state index >= 15 is 0 Å². The van der Waals surface area contributed by atoms with Crippen molar-refractivity contribution < 1.29 is 28.6 Å². The van der Waals surface area contributed by atoms with Gasteiger partial charge in [0, 0.05) is 38.9 Å². The average molecular weight is 484 g/mol. The van der Waals surface area contributed by atoms with Crippen LogP contribution in [0.15, 0.2) is 35.3 Å². The molecule has 10 nitrogen and oxygen atoms in total. The summed E-state index contributed by atoms with van der Waals surface area (Å²) in [5, 5.41) is 15.9. The Kier molecular flexibility index (Phi) is 6.44. The van der Waals surface area contributed by atoms with Gasteiger partial charge in [0.15, 0.2) is 11.5 Å². The van der Waals surface area contributed by atoms with E-state index in [2.05, 4.69) is 15.6 Å². The Balaban J connectivity index is 1.92. The number of rotatable bonds is 7. The van der Waals surface area contributed by atoms with E-state index in [0.29, 0.717) is 5.56 Å². The molecule has 0 radical (unpaired) electrons. The van der Waals surface area contributed by atoms with Gasteiger partial charge in [0.2, 0.25) is 5.60 Å². The van der Waals surface area contributed by atoms with Crippen LogP contribution >= 0.6 is 0 Å². The molecule has 1 aliphatic rings. The van der Waals surface area contributed by atoms with E-state index in [0.717, 1.165) is 5.56 Å². The quantitative estimate of drug-likeness (QED) is 0.428. The number of likely N-dealkylation sites (N-methyl/N-ethyl adjacent to an activating group) is 1. The SMILES string of the molecule is CNC(=O)[C@@]1(C)Cn2c(=O)c(C(=O)NCCOC)c(O)c3ncc(Cc4ccc(F)cc4)c(c32)O1. The highest BCUT2D eigenvalue weighted by atomic mass is 19.1. The number of halogens is 1. The molecule has 0 saturated carbocycles. The highest BCUT2D eigenvalue weighted by Crippen LogP contribution is 2.40. The van der Waals surface area contributed by atoms with E-state index in [9.17, 15) is 23.9 Å². The van der Waals surface area contributed by atoms with Crippen LogP contribution in [0.2, 0.25) is 0 Å². The number of amides is 2. The molecule has 1 atom stereocenters. The summed E-state index contributed by atoms with van der Waals surface area (Å²) < 4.78 is 25.7. The fraction of sp³-hybridized carbons (Fsp3) is 0.333. The molecular formula is C24H25FN4O6. The van der Waals surface area contributed by atoms with Crippen LogP contribution in [-0.2, 0) is 22.5 Å². The van der Waals surface area contributed by atoms with Gasteiger partial charge in [-0.25, -0.2) is 4.39 Å². The van der Waals surface area contributed by atoms with Gasteiger partial charge in [0.05, 0.1) is 13.2 Å². The first-order valence-corrected chi connectivity index (χ1v) is 10.9. The second kappa shape index (κ2) is 9.34. The van der Waals surface area contributed by atoms with Crippen molar-refractivity contribution in [1.29, 1.82) is 0 Å². The van der Waals surface area contributed by atoms with Gasteiger partial charge < -0.3 is 25.2 Å². The van der Waals surface area contributed by atoms with Crippen LogP contribution in [0.3, 0.4) is 0 Å². The van der Waals surface area contributed by atoms with Gasteiger partial charge in [-0.3, -0.25) is 23.9 Å². The molecular weight excluding hydrogens is 459 g/mol. The molecule has 0 unspecified atom stereocenters. The normalized spacial score (nSPS) is 16.6. The van der Waals surface area contributed by atoms with Crippen molar-refractivity contribution in [1.82, 2.24) is 20.2 Å². The van der Waals surface area contributed by atoms with Gasteiger partial charge in [0.25, 0.3) is 17.4 Å². The zero-order chi connectivity index (χ0) is 25.3. The summed E-state index contributed by atoms with van der Waals surface area (Å²) in [7, 11) is 2.91. The van der Waals surface area contributed by atoms with E-state index < -0.39 is 34.3 Å². The summed E-state index contributed by atoms with van der Waals surface area (Å²) in [6, 6.07) is 5.85. The van der Waals surface area contributed by atoms with E-state index in [1.54, 1.807) is 12.1 Å². The molecule has 4 rings (SSSR count). The number of hydrogen-bond donors (Lipinski definition) is 3. The highest BCUT2D eigenvalue weighted by molar-refractivity contribution is 6.03.